The molecule has 2 N–H and O–H groups in total. The van der Waals surface area contributed by atoms with Crippen LogP contribution in [0.25, 0.3) is 5.70 Å². The van der Waals surface area contributed by atoms with Crippen LogP contribution in [0.1, 0.15) is 37.7 Å². The number of fused-ring (bicyclic) bond motifs is 1. The number of aromatic nitrogens is 1. The highest BCUT2D eigenvalue weighted by molar-refractivity contribution is 5.85. The number of rotatable bonds is 1. The number of allylic oxidation sites excluding steroid dienone is 1. The molecule has 1 aliphatic carbocycles. The lowest BCUT2D eigenvalue weighted by molar-refractivity contribution is 0.419. The maximum Gasteiger partial charge on any atom is 0.141 e. The van der Waals surface area contributed by atoms with Crippen molar-refractivity contribution in [3.05, 3.63) is 23.9 Å². The Morgan fingerprint density at radius 2 is 2.12 bits per heavy atom. The Morgan fingerprint density at radius 3 is 3.00 bits per heavy atom. The first-order valence-electron chi connectivity index (χ1n) is 6.12. The predicted octanol–water partition coefficient (Wildman–Crippen LogP) is 3.20. The first-order chi connectivity index (χ1) is 7.93. The van der Waals surface area contributed by atoms with Crippen LogP contribution >= 0.6 is 0 Å². The third kappa shape index (κ3) is 1.77. The van der Waals surface area contributed by atoms with Gasteiger partial charge in [-0.05, 0) is 24.8 Å². The van der Waals surface area contributed by atoms with Crippen molar-refractivity contribution in [1.29, 1.82) is 0 Å². The van der Waals surface area contributed by atoms with Gasteiger partial charge >= 0.3 is 0 Å². The molecule has 3 nitrogen and oxygen atoms in total. The summed E-state index contributed by atoms with van der Waals surface area (Å²) in [6, 6.07) is 2.09. The summed E-state index contributed by atoms with van der Waals surface area (Å²) in [4.78, 5) is 7.41. The number of hydrogen-bond donors (Lipinski definition) is 2. The molecule has 16 heavy (non-hydrogen) atoms. The van der Waals surface area contributed by atoms with Gasteiger partial charge in [0.25, 0.3) is 0 Å². The van der Waals surface area contributed by atoms with E-state index in [-0.39, 0.29) is 0 Å². The number of H-pyrrole nitrogens is 1. The highest BCUT2D eigenvalue weighted by atomic mass is 15.0. The first-order valence-corrected chi connectivity index (χ1v) is 6.12. The van der Waals surface area contributed by atoms with Crippen molar-refractivity contribution in [3.8, 4) is 0 Å². The Labute approximate surface area is 95.7 Å². The molecule has 3 rings (SSSR count). The van der Waals surface area contributed by atoms with Crippen molar-refractivity contribution < 1.29 is 0 Å². The molecule has 0 saturated heterocycles. The van der Waals surface area contributed by atoms with Gasteiger partial charge in [0, 0.05) is 17.5 Å². The molecule has 1 aliphatic heterocycles. The van der Waals surface area contributed by atoms with Crippen LogP contribution in [0.5, 0.6) is 0 Å². The monoisotopic (exact) mass is 215 g/mol. The Balaban J connectivity index is 1.85. The summed E-state index contributed by atoms with van der Waals surface area (Å²) < 4.78 is 0. The standard InChI is InChI=1S/C13H17N3/c1-2-4-10(5-3-1)8-12-11-6-7-14-13(11)16-9-15-12/h6-10,14H,1-5H2,(H,15,16)/b12-8+. The van der Waals surface area contributed by atoms with E-state index >= 15 is 0 Å². The topological polar surface area (TPSA) is 40.2 Å². The van der Waals surface area contributed by atoms with Crippen molar-refractivity contribution in [2.24, 2.45) is 10.9 Å². The van der Waals surface area contributed by atoms with Gasteiger partial charge in [0.05, 0.1) is 6.34 Å². The molecule has 0 amide bonds. The molecule has 3 heteroatoms. The summed E-state index contributed by atoms with van der Waals surface area (Å²) in [5, 5.41) is 3.26. The van der Waals surface area contributed by atoms with Crippen molar-refractivity contribution in [3.63, 3.8) is 0 Å². The molecule has 0 atom stereocenters. The molecule has 0 aromatic carbocycles. The molecular formula is C13H17N3. The van der Waals surface area contributed by atoms with Gasteiger partial charge in [-0.1, -0.05) is 25.3 Å². The minimum absolute atomic E-state index is 0.741. The molecule has 0 bridgehead atoms. The third-order valence-electron chi connectivity index (χ3n) is 3.48. The molecule has 1 fully saturated rings. The first kappa shape index (κ1) is 9.70. The Bertz CT molecular complexity index is 422. The van der Waals surface area contributed by atoms with E-state index < -0.39 is 0 Å². The molecule has 1 aromatic rings. The summed E-state index contributed by atoms with van der Waals surface area (Å²) >= 11 is 0. The second-order valence-corrected chi connectivity index (χ2v) is 4.62. The third-order valence-corrected chi connectivity index (χ3v) is 3.48. The van der Waals surface area contributed by atoms with Crippen LogP contribution < -0.4 is 5.32 Å². The van der Waals surface area contributed by atoms with Crippen LogP contribution in [0.3, 0.4) is 0 Å². The van der Waals surface area contributed by atoms with Gasteiger partial charge in [-0.15, -0.1) is 0 Å². The minimum atomic E-state index is 0.741. The van der Waals surface area contributed by atoms with Gasteiger partial charge in [0.1, 0.15) is 5.82 Å². The summed E-state index contributed by atoms with van der Waals surface area (Å²) in [6.45, 7) is 0. The van der Waals surface area contributed by atoms with E-state index in [0.717, 1.165) is 11.7 Å². The van der Waals surface area contributed by atoms with Gasteiger partial charge in [0.15, 0.2) is 0 Å². The summed E-state index contributed by atoms with van der Waals surface area (Å²) in [5.74, 6) is 1.71. The lowest BCUT2D eigenvalue weighted by Crippen LogP contribution is -2.15. The van der Waals surface area contributed by atoms with Gasteiger partial charge in [0.2, 0.25) is 0 Å². The van der Waals surface area contributed by atoms with E-state index in [1.165, 1.54) is 43.4 Å². The zero-order chi connectivity index (χ0) is 10.8. The quantitative estimate of drug-likeness (QED) is 0.742. The zero-order valence-electron chi connectivity index (χ0n) is 9.37. The van der Waals surface area contributed by atoms with Crippen LogP contribution in [0.2, 0.25) is 0 Å². The van der Waals surface area contributed by atoms with E-state index in [2.05, 4.69) is 27.4 Å². The normalized spacial score (nSPS) is 23.1. The van der Waals surface area contributed by atoms with Crippen molar-refractivity contribution >= 4 is 17.9 Å². The molecule has 1 aromatic heterocycles. The smallest absolute Gasteiger partial charge is 0.141 e. The molecule has 0 spiro atoms. The van der Waals surface area contributed by atoms with Gasteiger partial charge in [-0.3, -0.25) is 0 Å². The van der Waals surface area contributed by atoms with E-state index in [1.807, 2.05) is 6.20 Å². The second kappa shape index (κ2) is 4.16. The molecule has 2 aliphatic rings. The molecule has 0 radical (unpaired) electrons. The molecule has 2 heterocycles. The van der Waals surface area contributed by atoms with Crippen molar-refractivity contribution in [2.45, 2.75) is 32.1 Å². The molecular weight excluding hydrogens is 198 g/mol. The Hall–Kier alpha value is -1.51. The fourth-order valence-electron chi connectivity index (χ4n) is 2.60. The number of nitrogens with one attached hydrogen (secondary N) is 2. The lowest BCUT2D eigenvalue weighted by atomic mass is 9.88. The zero-order valence-corrected chi connectivity index (χ0v) is 9.37. The summed E-state index contributed by atoms with van der Waals surface area (Å²) in [5.41, 5.74) is 2.42. The Morgan fingerprint density at radius 1 is 1.25 bits per heavy atom. The number of aliphatic imine (C=N–C) groups is 1. The maximum absolute atomic E-state index is 4.26. The predicted molar refractivity (Wildman–Crippen MR) is 66.6 cm³/mol. The highest BCUT2D eigenvalue weighted by Gasteiger charge is 2.16. The number of hydrogen-bond acceptors (Lipinski definition) is 2. The van der Waals surface area contributed by atoms with E-state index in [4.69, 9.17) is 0 Å². The van der Waals surface area contributed by atoms with Crippen LogP contribution in [-0.2, 0) is 0 Å². The average molecular weight is 215 g/mol. The van der Waals surface area contributed by atoms with Crippen LogP contribution in [0.15, 0.2) is 23.3 Å². The maximum atomic E-state index is 4.26. The summed E-state index contributed by atoms with van der Waals surface area (Å²) in [6.07, 6.45) is 12.9. The fourth-order valence-corrected chi connectivity index (χ4v) is 2.60. The van der Waals surface area contributed by atoms with Crippen LogP contribution in [0.4, 0.5) is 5.82 Å². The van der Waals surface area contributed by atoms with Gasteiger partial charge in [-0.25, -0.2) is 4.99 Å². The second-order valence-electron chi connectivity index (χ2n) is 4.62. The molecule has 84 valence electrons. The number of aromatic amines is 1. The van der Waals surface area contributed by atoms with E-state index in [0.29, 0.717) is 0 Å². The highest BCUT2D eigenvalue weighted by Crippen LogP contribution is 2.30. The molecule has 1 saturated carbocycles. The lowest BCUT2D eigenvalue weighted by Gasteiger charge is -2.20. The average Bonchev–Trinajstić information content (AvgIpc) is 2.80. The molecule has 0 unspecified atom stereocenters. The SMILES string of the molecule is C1=Nc2[nH]ccc2/C(=C\C2CCCCC2)N1. The van der Waals surface area contributed by atoms with Gasteiger partial charge in [-0.2, -0.15) is 0 Å². The van der Waals surface area contributed by atoms with Crippen LogP contribution in [-0.4, -0.2) is 11.3 Å². The minimum Gasteiger partial charge on any atom is -0.346 e. The van der Waals surface area contributed by atoms with Crippen molar-refractivity contribution in [1.82, 2.24) is 10.3 Å². The number of nitrogens with zero attached hydrogens (tertiary/aromatic N) is 1. The van der Waals surface area contributed by atoms with Crippen molar-refractivity contribution in [2.75, 3.05) is 0 Å². The van der Waals surface area contributed by atoms with Gasteiger partial charge < -0.3 is 10.3 Å². The Kier molecular flexibility index (Phi) is 2.52. The summed E-state index contributed by atoms with van der Waals surface area (Å²) in [7, 11) is 0. The van der Waals surface area contributed by atoms with E-state index in [9.17, 15) is 0 Å². The largest absolute Gasteiger partial charge is 0.346 e. The van der Waals surface area contributed by atoms with Crippen LogP contribution in [0, 0.1) is 5.92 Å². The fraction of sp³-hybridized carbons (Fsp3) is 0.462. The van der Waals surface area contributed by atoms with E-state index in [1.54, 1.807) is 6.34 Å².